The van der Waals surface area contributed by atoms with E-state index in [0.717, 1.165) is 18.5 Å². The van der Waals surface area contributed by atoms with Crippen LogP contribution >= 0.6 is 0 Å². The number of rotatable bonds is 7. The van der Waals surface area contributed by atoms with Crippen molar-refractivity contribution in [1.29, 1.82) is 0 Å². The minimum Gasteiger partial charge on any atom is -0.384 e. The lowest BCUT2D eigenvalue weighted by atomic mass is 9.94. The van der Waals surface area contributed by atoms with E-state index in [0.29, 0.717) is 13.2 Å². The minimum absolute atomic E-state index is 0.530. The van der Waals surface area contributed by atoms with E-state index in [-0.39, 0.29) is 0 Å². The lowest BCUT2D eigenvalue weighted by molar-refractivity contribution is 0.0550. The number of methoxy groups -OCH3 is 1. The van der Waals surface area contributed by atoms with Crippen LogP contribution in [0.2, 0.25) is 0 Å². The summed E-state index contributed by atoms with van der Waals surface area (Å²) in [5, 5.41) is 13.5. The van der Waals surface area contributed by atoms with Crippen LogP contribution in [-0.2, 0) is 16.8 Å². The first kappa shape index (κ1) is 14.2. The summed E-state index contributed by atoms with van der Waals surface area (Å²) in [5.41, 5.74) is 1.40. The van der Waals surface area contributed by atoms with Crippen LogP contribution in [0, 0.1) is 0 Å². The number of ether oxygens (including phenoxy) is 1. The molecule has 0 aliphatic carbocycles. The average Bonchev–Trinajstić information content (AvgIpc) is 2.35. The van der Waals surface area contributed by atoms with Gasteiger partial charge in [-0.05, 0) is 24.5 Å². The Balaban J connectivity index is 2.55. The van der Waals surface area contributed by atoms with Gasteiger partial charge in [-0.3, -0.25) is 0 Å². The van der Waals surface area contributed by atoms with E-state index in [1.54, 1.807) is 7.11 Å². The largest absolute Gasteiger partial charge is 0.384 e. The molecule has 0 bridgehead atoms. The monoisotopic (exact) mass is 237 g/mol. The third kappa shape index (κ3) is 4.46. The summed E-state index contributed by atoms with van der Waals surface area (Å²) in [5.74, 6) is 0. The molecule has 0 aliphatic rings. The van der Waals surface area contributed by atoms with Crippen LogP contribution in [0.1, 0.15) is 25.0 Å². The predicted molar refractivity (Wildman–Crippen MR) is 70.1 cm³/mol. The van der Waals surface area contributed by atoms with Crippen molar-refractivity contribution in [3.05, 3.63) is 35.4 Å². The lowest BCUT2D eigenvalue weighted by Gasteiger charge is -2.24. The smallest absolute Gasteiger partial charge is 0.0992 e. The van der Waals surface area contributed by atoms with Gasteiger partial charge in [-0.15, -0.1) is 0 Å². The van der Waals surface area contributed by atoms with Crippen LogP contribution in [0.5, 0.6) is 0 Å². The van der Waals surface area contributed by atoms with E-state index in [4.69, 9.17) is 4.74 Å². The third-order valence-electron chi connectivity index (χ3n) is 2.94. The van der Waals surface area contributed by atoms with E-state index < -0.39 is 5.60 Å². The van der Waals surface area contributed by atoms with Gasteiger partial charge >= 0.3 is 0 Å². The molecule has 2 N–H and O–H groups in total. The highest BCUT2D eigenvalue weighted by Crippen LogP contribution is 2.20. The third-order valence-corrected chi connectivity index (χ3v) is 2.94. The first-order valence-corrected chi connectivity index (χ1v) is 6.11. The van der Waals surface area contributed by atoms with Crippen LogP contribution < -0.4 is 5.32 Å². The maximum atomic E-state index is 10.3. The van der Waals surface area contributed by atoms with Gasteiger partial charge in [0.05, 0.1) is 12.2 Å². The van der Waals surface area contributed by atoms with Gasteiger partial charge in [0.2, 0.25) is 0 Å². The van der Waals surface area contributed by atoms with Gasteiger partial charge in [-0.25, -0.2) is 0 Å². The molecule has 1 atom stereocenters. The van der Waals surface area contributed by atoms with Crippen molar-refractivity contribution in [3.8, 4) is 0 Å². The molecule has 0 saturated heterocycles. The van der Waals surface area contributed by atoms with Crippen molar-refractivity contribution in [3.63, 3.8) is 0 Å². The first-order chi connectivity index (χ1) is 8.10. The molecule has 1 aromatic rings. The maximum Gasteiger partial charge on any atom is 0.0992 e. The van der Waals surface area contributed by atoms with Gasteiger partial charge in [0.1, 0.15) is 0 Å². The molecule has 0 aromatic heterocycles. The minimum atomic E-state index is -0.833. The predicted octanol–water partition coefficient (Wildman–Crippen LogP) is 1.69. The zero-order chi connectivity index (χ0) is 12.7. The fourth-order valence-electron chi connectivity index (χ4n) is 1.71. The number of nitrogens with one attached hydrogen (secondary N) is 1. The van der Waals surface area contributed by atoms with Crippen molar-refractivity contribution >= 4 is 0 Å². The topological polar surface area (TPSA) is 41.5 Å². The Kier molecular flexibility index (Phi) is 5.62. The van der Waals surface area contributed by atoms with Crippen LogP contribution in [0.3, 0.4) is 0 Å². The molecule has 0 spiro atoms. The van der Waals surface area contributed by atoms with Gasteiger partial charge in [0.25, 0.3) is 0 Å². The molecule has 0 heterocycles. The van der Waals surface area contributed by atoms with E-state index >= 15 is 0 Å². The lowest BCUT2D eigenvalue weighted by Crippen LogP contribution is -2.36. The molecule has 0 amide bonds. The molecule has 17 heavy (non-hydrogen) atoms. The molecule has 3 heteroatoms. The highest BCUT2D eigenvalue weighted by molar-refractivity contribution is 5.27. The summed E-state index contributed by atoms with van der Waals surface area (Å²) in [6, 6.07) is 8.13. The summed E-state index contributed by atoms with van der Waals surface area (Å²) in [6.07, 6.45) is 1.02. The Morgan fingerprint density at radius 3 is 2.47 bits per heavy atom. The number of benzene rings is 1. The number of aryl methyl sites for hydroxylation is 1. The highest BCUT2D eigenvalue weighted by Gasteiger charge is 2.22. The second-order valence-electron chi connectivity index (χ2n) is 4.49. The summed E-state index contributed by atoms with van der Waals surface area (Å²) in [6.45, 7) is 5.89. The summed E-state index contributed by atoms with van der Waals surface area (Å²) >= 11 is 0. The van der Waals surface area contributed by atoms with Crippen molar-refractivity contribution < 1.29 is 9.84 Å². The van der Waals surface area contributed by atoms with Crippen LogP contribution in [0.15, 0.2) is 24.3 Å². The molecule has 1 rings (SSSR count). The van der Waals surface area contributed by atoms with E-state index in [2.05, 4.69) is 24.4 Å². The normalized spacial score (nSPS) is 14.6. The second kappa shape index (κ2) is 6.74. The molecule has 96 valence electrons. The zero-order valence-electron chi connectivity index (χ0n) is 11.0. The second-order valence-corrected chi connectivity index (χ2v) is 4.49. The van der Waals surface area contributed by atoms with Gasteiger partial charge in [0.15, 0.2) is 0 Å². The van der Waals surface area contributed by atoms with E-state index in [9.17, 15) is 5.11 Å². The van der Waals surface area contributed by atoms with Gasteiger partial charge < -0.3 is 15.2 Å². The van der Waals surface area contributed by atoms with Crippen LogP contribution in [0.25, 0.3) is 0 Å². The summed E-state index contributed by atoms with van der Waals surface area (Å²) in [4.78, 5) is 0. The van der Waals surface area contributed by atoms with Gasteiger partial charge in [-0.2, -0.15) is 0 Å². The SMILES string of the molecule is CCc1ccc(C(C)(O)CNCCOC)cc1. The average molecular weight is 237 g/mol. The summed E-state index contributed by atoms with van der Waals surface area (Å²) in [7, 11) is 1.67. The van der Waals surface area contributed by atoms with Gasteiger partial charge in [0, 0.05) is 20.2 Å². The quantitative estimate of drug-likeness (QED) is 0.709. The van der Waals surface area contributed by atoms with E-state index in [1.165, 1.54) is 5.56 Å². The van der Waals surface area contributed by atoms with Crippen molar-refractivity contribution in [1.82, 2.24) is 5.32 Å². The fraction of sp³-hybridized carbons (Fsp3) is 0.571. The van der Waals surface area contributed by atoms with Crippen molar-refractivity contribution in [2.45, 2.75) is 25.9 Å². The molecule has 0 fully saturated rings. The Morgan fingerprint density at radius 1 is 1.29 bits per heavy atom. The molecule has 1 unspecified atom stereocenters. The first-order valence-electron chi connectivity index (χ1n) is 6.11. The number of hydrogen-bond acceptors (Lipinski definition) is 3. The Morgan fingerprint density at radius 2 is 1.94 bits per heavy atom. The van der Waals surface area contributed by atoms with E-state index in [1.807, 2.05) is 19.1 Å². The molecular formula is C14H23NO2. The number of aliphatic hydroxyl groups is 1. The molecule has 0 radical (unpaired) electrons. The molecule has 1 aromatic carbocycles. The van der Waals surface area contributed by atoms with Crippen LogP contribution in [-0.4, -0.2) is 31.9 Å². The molecule has 0 saturated carbocycles. The molecular weight excluding hydrogens is 214 g/mol. The zero-order valence-corrected chi connectivity index (χ0v) is 11.0. The highest BCUT2D eigenvalue weighted by atomic mass is 16.5. The molecule has 3 nitrogen and oxygen atoms in total. The van der Waals surface area contributed by atoms with Crippen molar-refractivity contribution in [2.75, 3.05) is 26.8 Å². The summed E-state index contributed by atoms with van der Waals surface area (Å²) < 4.78 is 4.95. The Hall–Kier alpha value is -0.900. The molecule has 0 aliphatic heterocycles. The Labute approximate surface area is 104 Å². The Bertz CT molecular complexity index is 319. The number of hydrogen-bond donors (Lipinski definition) is 2. The van der Waals surface area contributed by atoms with Gasteiger partial charge in [-0.1, -0.05) is 31.2 Å². The van der Waals surface area contributed by atoms with Crippen molar-refractivity contribution in [2.24, 2.45) is 0 Å². The fourth-order valence-corrected chi connectivity index (χ4v) is 1.71. The standard InChI is InChI=1S/C14H23NO2/c1-4-12-5-7-13(8-6-12)14(2,16)11-15-9-10-17-3/h5-8,15-16H,4,9-11H2,1-3H3. The maximum absolute atomic E-state index is 10.3. The van der Waals surface area contributed by atoms with Crippen LogP contribution in [0.4, 0.5) is 0 Å².